The average molecular weight is 465 g/mol. The summed E-state index contributed by atoms with van der Waals surface area (Å²) in [6.45, 7) is 3.62. The molecule has 2 fully saturated rings. The Morgan fingerprint density at radius 2 is 1.90 bits per heavy atom. The van der Waals surface area contributed by atoms with Crippen LogP contribution in [0.4, 0.5) is 0 Å². The van der Waals surface area contributed by atoms with E-state index in [1.165, 1.54) is 0 Å². The largest absolute Gasteiger partial charge is 0.351 e. The molecule has 1 saturated carbocycles. The molecule has 1 unspecified atom stereocenters. The molecule has 10 heteroatoms. The number of benzene rings is 1. The fourth-order valence-electron chi connectivity index (χ4n) is 3.54. The number of hydrogen-bond acceptors (Lipinski definition) is 6. The highest BCUT2D eigenvalue weighted by molar-refractivity contribution is 6.36. The number of imide groups is 1. The zero-order chi connectivity index (χ0) is 22.3. The predicted molar refractivity (Wildman–Crippen MR) is 113 cm³/mol. The van der Waals surface area contributed by atoms with Crippen molar-refractivity contribution in [1.82, 2.24) is 20.8 Å². The summed E-state index contributed by atoms with van der Waals surface area (Å²) in [6.07, 6.45) is 2.67. The molecular formula is C21H22Cl2N4O4. The Labute approximate surface area is 189 Å². The third-order valence-corrected chi connectivity index (χ3v) is 6.29. The molecular weight excluding hydrogens is 443 g/mol. The van der Waals surface area contributed by atoms with Gasteiger partial charge in [0.25, 0.3) is 0 Å². The molecule has 0 spiro atoms. The van der Waals surface area contributed by atoms with Crippen molar-refractivity contribution in [3.8, 4) is 0 Å². The van der Waals surface area contributed by atoms with E-state index in [2.05, 4.69) is 20.8 Å². The fraction of sp³-hybridized carbons (Fsp3) is 0.476. The quantitative estimate of drug-likeness (QED) is 0.633. The van der Waals surface area contributed by atoms with Crippen molar-refractivity contribution in [2.45, 2.75) is 63.3 Å². The molecule has 8 nitrogen and oxygen atoms in total. The first kappa shape index (κ1) is 21.8. The highest BCUT2D eigenvalue weighted by atomic mass is 35.5. The maximum absolute atomic E-state index is 12.8. The average Bonchev–Trinajstić information content (AvgIpc) is 3.43. The predicted octanol–water partition coefficient (Wildman–Crippen LogP) is 3.37. The zero-order valence-electron chi connectivity index (χ0n) is 17.1. The SMILES string of the molecule is CC(C)(C(=O)NCc1cc(Cl)c(C2CCC(=O)NC2=O)c(Cl)c1)c1nc(C2CC2)no1. The van der Waals surface area contributed by atoms with Gasteiger partial charge in [0.15, 0.2) is 5.82 Å². The minimum absolute atomic E-state index is 0.181. The van der Waals surface area contributed by atoms with Crippen molar-refractivity contribution in [3.05, 3.63) is 45.0 Å². The summed E-state index contributed by atoms with van der Waals surface area (Å²) in [5, 5.41) is 9.77. The van der Waals surface area contributed by atoms with Crippen LogP contribution in [0, 0.1) is 0 Å². The van der Waals surface area contributed by atoms with Crippen LogP contribution in [-0.2, 0) is 26.3 Å². The fourth-order valence-corrected chi connectivity index (χ4v) is 4.33. The second kappa shape index (κ2) is 8.24. The highest BCUT2D eigenvalue weighted by Crippen LogP contribution is 2.39. The molecule has 2 heterocycles. The van der Waals surface area contributed by atoms with E-state index in [1.807, 2.05) is 0 Å². The standard InChI is InChI=1S/C21H22Cl2N4O4/c1-21(2,20-26-17(27-31-20)11-3-4-11)19(30)24-9-10-7-13(22)16(14(23)8-10)12-5-6-15(28)25-18(12)29/h7-8,11-12H,3-6,9H2,1-2H3,(H,24,30)(H,25,28,29). The number of nitrogens with one attached hydrogen (secondary N) is 2. The van der Waals surface area contributed by atoms with Crippen molar-refractivity contribution in [2.24, 2.45) is 0 Å². The summed E-state index contributed by atoms with van der Waals surface area (Å²) >= 11 is 12.8. The van der Waals surface area contributed by atoms with Crippen LogP contribution in [0.2, 0.25) is 10.0 Å². The second-order valence-corrected chi connectivity index (χ2v) is 9.33. The second-order valence-electron chi connectivity index (χ2n) is 8.52. The Hall–Kier alpha value is -2.45. The molecule has 0 bridgehead atoms. The molecule has 4 rings (SSSR count). The van der Waals surface area contributed by atoms with Gasteiger partial charge in [0.2, 0.25) is 23.6 Å². The van der Waals surface area contributed by atoms with Gasteiger partial charge in [0, 0.05) is 34.5 Å². The molecule has 3 amide bonds. The molecule has 1 atom stereocenters. The number of aromatic nitrogens is 2. The topological polar surface area (TPSA) is 114 Å². The van der Waals surface area contributed by atoms with Gasteiger partial charge in [-0.05, 0) is 50.8 Å². The Kier molecular flexibility index (Phi) is 5.79. The molecule has 2 aliphatic rings. The number of amides is 3. The normalized spacial score (nSPS) is 19.3. The van der Waals surface area contributed by atoms with Gasteiger partial charge in [0.1, 0.15) is 5.41 Å². The number of rotatable bonds is 6. The van der Waals surface area contributed by atoms with Gasteiger partial charge >= 0.3 is 0 Å². The van der Waals surface area contributed by atoms with Crippen LogP contribution >= 0.6 is 23.2 Å². The Balaban J connectivity index is 1.45. The van der Waals surface area contributed by atoms with Crippen molar-refractivity contribution in [3.63, 3.8) is 0 Å². The van der Waals surface area contributed by atoms with Crippen molar-refractivity contribution in [2.75, 3.05) is 0 Å². The van der Waals surface area contributed by atoms with E-state index in [9.17, 15) is 14.4 Å². The number of piperidine rings is 1. The summed E-state index contributed by atoms with van der Waals surface area (Å²) in [5.74, 6) is -0.314. The smallest absolute Gasteiger partial charge is 0.241 e. The molecule has 1 saturated heterocycles. The van der Waals surface area contributed by atoms with Crippen molar-refractivity contribution >= 4 is 40.9 Å². The molecule has 1 aliphatic heterocycles. The number of nitrogens with zero attached hydrogens (tertiary/aromatic N) is 2. The minimum atomic E-state index is -1.000. The first-order chi connectivity index (χ1) is 14.7. The van der Waals surface area contributed by atoms with Gasteiger partial charge in [-0.15, -0.1) is 0 Å². The number of carbonyl (C=O) groups is 3. The molecule has 0 radical (unpaired) electrons. The maximum atomic E-state index is 12.8. The van der Waals surface area contributed by atoms with Crippen LogP contribution in [0.3, 0.4) is 0 Å². The molecule has 1 aromatic carbocycles. The van der Waals surface area contributed by atoms with E-state index in [1.54, 1.807) is 26.0 Å². The Bertz CT molecular complexity index is 1040. The summed E-state index contributed by atoms with van der Waals surface area (Å²) in [7, 11) is 0. The summed E-state index contributed by atoms with van der Waals surface area (Å²) in [6, 6.07) is 3.33. The summed E-state index contributed by atoms with van der Waals surface area (Å²) < 4.78 is 5.32. The van der Waals surface area contributed by atoms with Crippen molar-refractivity contribution in [1.29, 1.82) is 0 Å². The van der Waals surface area contributed by atoms with E-state index in [0.29, 0.717) is 39.3 Å². The van der Waals surface area contributed by atoms with Crippen LogP contribution in [0.25, 0.3) is 0 Å². The molecule has 1 aliphatic carbocycles. The van der Waals surface area contributed by atoms with E-state index in [-0.39, 0.29) is 30.7 Å². The van der Waals surface area contributed by atoms with E-state index >= 15 is 0 Å². The third-order valence-electron chi connectivity index (χ3n) is 5.67. The van der Waals surface area contributed by atoms with Crippen LogP contribution in [-0.4, -0.2) is 27.9 Å². The summed E-state index contributed by atoms with van der Waals surface area (Å²) in [5.41, 5.74) is 0.169. The van der Waals surface area contributed by atoms with Crippen LogP contribution < -0.4 is 10.6 Å². The van der Waals surface area contributed by atoms with Gasteiger partial charge in [-0.3, -0.25) is 19.7 Å². The van der Waals surface area contributed by atoms with Crippen LogP contribution in [0.1, 0.15) is 74.2 Å². The van der Waals surface area contributed by atoms with E-state index in [0.717, 1.165) is 12.8 Å². The van der Waals surface area contributed by atoms with Crippen LogP contribution in [0.15, 0.2) is 16.7 Å². The molecule has 31 heavy (non-hydrogen) atoms. The monoisotopic (exact) mass is 464 g/mol. The van der Waals surface area contributed by atoms with Crippen LogP contribution in [0.5, 0.6) is 0 Å². The minimum Gasteiger partial charge on any atom is -0.351 e. The van der Waals surface area contributed by atoms with Crippen molar-refractivity contribution < 1.29 is 18.9 Å². The first-order valence-electron chi connectivity index (χ1n) is 10.1. The van der Waals surface area contributed by atoms with Gasteiger partial charge < -0.3 is 9.84 Å². The number of hydrogen-bond donors (Lipinski definition) is 2. The van der Waals surface area contributed by atoms with E-state index in [4.69, 9.17) is 27.7 Å². The lowest BCUT2D eigenvalue weighted by atomic mass is 9.89. The molecule has 2 N–H and O–H groups in total. The molecule has 2 aromatic rings. The van der Waals surface area contributed by atoms with Gasteiger partial charge in [-0.1, -0.05) is 28.4 Å². The lowest BCUT2D eigenvalue weighted by Gasteiger charge is -2.23. The van der Waals surface area contributed by atoms with E-state index < -0.39 is 17.2 Å². The maximum Gasteiger partial charge on any atom is 0.241 e. The third kappa shape index (κ3) is 4.45. The van der Waals surface area contributed by atoms with Gasteiger partial charge in [0.05, 0.1) is 5.92 Å². The highest BCUT2D eigenvalue weighted by Gasteiger charge is 2.38. The van der Waals surface area contributed by atoms with Gasteiger partial charge in [-0.25, -0.2) is 0 Å². The summed E-state index contributed by atoms with van der Waals surface area (Å²) in [4.78, 5) is 40.8. The number of carbonyl (C=O) groups excluding carboxylic acids is 3. The number of halogens is 2. The Morgan fingerprint density at radius 3 is 2.52 bits per heavy atom. The lowest BCUT2D eigenvalue weighted by Crippen LogP contribution is -2.40. The Morgan fingerprint density at radius 1 is 1.23 bits per heavy atom. The zero-order valence-corrected chi connectivity index (χ0v) is 18.6. The lowest BCUT2D eigenvalue weighted by molar-refractivity contribution is -0.134. The first-order valence-corrected chi connectivity index (χ1v) is 10.9. The van der Waals surface area contributed by atoms with Gasteiger partial charge in [-0.2, -0.15) is 4.98 Å². The molecule has 1 aromatic heterocycles. The molecule has 164 valence electrons.